The maximum Gasteiger partial charge on any atom is 0.239 e. The van der Waals surface area contributed by atoms with Crippen molar-refractivity contribution in [1.82, 2.24) is 15.2 Å². The van der Waals surface area contributed by atoms with Gasteiger partial charge in [0.15, 0.2) is 0 Å². The van der Waals surface area contributed by atoms with E-state index in [0.717, 1.165) is 38.0 Å². The summed E-state index contributed by atoms with van der Waals surface area (Å²) in [7, 11) is 0. The Morgan fingerprint density at radius 2 is 1.78 bits per heavy atom. The highest BCUT2D eigenvalue weighted by Gasteiger charge is 2.25. The molecule has 1 saturated heterocycles. The Kier molecular flexibility index (Phi) is 5.26. The highest BCUT2D eigenvalue weighted by atomic mass is 16.2. The standard InChI is InChI=1S/C23H27N3O/c1-17(23(27)26-13-7-8-14-26)24-15-20(18-9-3-2-4-10-18)21-16-25-22-12-6-5-11-19(21)22/h2-6,9-12,16-17,20,24-25H,7-8,13-15H2,1H3/t17-,20+/m0/s1. The topological polar surface area (TPSA) is 48.1 Å². The van der Waals surface area contributed by atoms with Crippen LogP contribution in [0.5, 0.6) is 0 Å². The summed E-state index contributed by atoms with van der Waals surface area (Å²) in [5.74, 6) is 0.411. The van der Waals surface area contributed by atoms with Crippen LogP contribution in [-0.2, 0) is 4.79 Å². The maximum absolute atomic E-state index is 12.7. The quantitative estimate of drug-likeness (QED) is 0.699. The fourth-order valence-electron chi connectivity index (χ4n) is 4.07. The van der Waals surface area contributed by atoms with E-state index >= 15 is 0 Å². The lowest BCUT2D eigenvalue weighted by molar-refractivity contribution is -0.131. The Morgan fingerprint density at radius 1 is 1.07 bits per heavy atom. The summed E-state index contributed by atoms with van der Waals surface area (Å²) in [4.78, 5) is 18.0. The molecule has 0 spiro atoms. The summed E-state index contributed by atoms with van der Waals surface area (Å²) < 4.78 is 0. The highest BCUT2D eigenvalue weighted by Crippen LogP contribution is 2.30. The van der Waals surface area contributed by atoms with Crippen LogP contribution in [0, 0.1) is 0 Å². The number of fused-ring (bicyclic) bond motifs is 1. The molecule has 1 aliphatic heterocycles. The second-order valence-electron chi connectivity index (χ2n) is 7.42. The Morgan fingerprint density at radius 3 is 2.56 bits per heavy atom. The molecule has 3 aromatic rings. The average Bonchev–Trinajstić information content (AvgIpc) is 3.39. The number of hydrogen-bond acceptors (Lipinski definition) is 2. The normalized spacial score (nSPS) is 16.6. The Balaban J connectivity index is 1.57. The number of aromatic nitrogens is 1. The molecule has 0 unspecified atom stereocenters. The smallest absolute Gasteiger partial charge is 0.239 e. The molecule has 1 aromatic heterocycles. The molecule has 2 atom stereocenters. The van der Waals surface area contributed by atoms with Crippen molar-refractivity contribution >= 4 is 16.8 Å². The van der Waals surface area contributed by atoms with Crippen LogP contribution in [0.4, 0.5) is 0 Å². The molecule has 2 aromatic carbocycles. The van der Waals surface area contributed by atoms with E-state index in [-0.39, 0.29) is 17.9 Å². The van der Waals surface area contributed by atoms with Gasteiger partial charge in [0.1, 0.15) is 0 Å². The lowest BCUT2D eigenvalue weighted by atomic mass is 9.90. The number of hydrogen-bond donors (Lipinski definition) is 2. The summed E-state index contributed by atoms with van der Waals surface area (Å²) in [6.45, 7) is 4.51. The zero-order valence-corrected chi connectivity index (χ0v) is 15.8. The largest absolute Gasteiger partial charge is 0.361 e. The average molecular weight is 361 g/mol. The van der Waals surface area contributed by atoms with E-state index in [1.807, 2.05) is 17.9 Å². The van der Waals surface area contributed by atoms with Crippen LogP contribution >= 0.6 is 0 Å². The minimum atomic E-state index is -0.167. The van der Waals surface area contributed by atoms with Gasteiger partial charge in [-0.3, -0.25) is 4.79 Å². The van der Waals surface area contributed by atoms with Gasteiger partial charge in [-0.2, -0.15) is 0 Å². The third kappa shape index (κ3) is 3.76. The molecule has 1 fully saturated rings. The lowest BCUT2D eigenvalue weighted by Crippen LogP contribution is -2.44. The summed E-state index contributed by atoms with van der Waals surface area (Å²) in [5.41, 5.74) is 3.68. The Hall–Kier alpha value is -2.59. The maximum atomic E-state index is 12.7. The van der Waals surface area contributed by atoms with Gasteiger partial charge in [-0.05, 0) is 37.0 Å². The number of carbonyl (C=O) groups excluding carboxylic acids is 1. The zero-order chi connectivity index (χ0) is 18.6. The van der Waals surface area contributed by atoms with Crippen LogP contribution in [-0.4, -0.2) is 41.5 Å². The van der Waals surface area contributed by atoms with E-state index < -0.39 is 0 Å². The molecule has 0 radical (unpaired) electrons. The van der Waals surface area contributed by atoms with Crippen molar-refractivity contribution in [2.45, 2.75) is 31.7 Å². The number of rotatable bonds is 6. The van der Waals surface area contributed by atoms with Crippen molar-refractivity contribution in [1.29, 1.82) is 0 Å². The van der Waals surface area contributed by atoms with E-state index in [1.165, 1.54) is 16.5 Å². The van der Waals surface area contributed by atoms with Crippen LogP contribution in [0.2, 0.25) is 0 Å². The predicted octanol–water partition coefficient (Wildman–Crippen LogP) is 3.90. The number of likely N-dealkylation sites (tertiary alicyclic amines) is 1. The first-order chi connectivity index (χ1) is 13.2. The third-order valence-electron chi connectivity index (χ3n) is 5.61. The summed E-state index contributed by atoms with van der Waals surface area (Å²) >= 11 is 0. The second kappa shape index (κ2) is 7.97. The molecule has 1 amide bonds. The van der Waals surface area contributed by atoms with E-state index in [2.05, 4.69) is 65.0 Å². The van der Waals surface area contributed by atoms with Crippen LogP contribution in [0.1, 0.15) is 36.8 Å². The summed E-state index contributed by atoms with van der Waals surface area (Å²) in [5, 5.41) is 4.75. The molecule has 4 rings (SSSR count). The van der Waals surface area contributed by atoms with Gasteiger partial charge in [0.25, 0.3) is 0 Å². The Labute approximate surface area is 160 Å². The number of H-pyrrole nitrogens is 1. The lowest BCUT2D eigenvalue weighted by Gasteiger charge is -2.24. The van der Waals surface area contributed by atoms with Crippen LogP contribution < -0.4 is 5.32 Å². The van der Waals surface area contributed by atoms with Gasteiger partial charge in [0.2, 0.25) is 5.91 Å². The molecular formula is C23H27N3O. The van der Waals surface area contributed by atoms with Gasteiger partial charge in [0, 0.05) is 42.7 Å². The van der Waals surface area contributed by atoms with Crippen molar-refractivity contribution in [3.8, 4) is 0 Å². The number of nitrogens with zero attached hydrogens (tertiary/aromatic N) is 1. The number of aromatic amines is 1. The highest BCUT2D eigenvalue weighted by molar-refractivity contribution is 5.84. The van der Waals surface area contributed by atoms with Gasteiger partial charge >= 0.3 is 0 Å². The van der Waals surface area contributed by atoms with Gasteiger partial charge in [-0.15, -0.1) is 0 Å². The first-order valence-electron chi connectivity index (χ1n) is 9.87. The predicted molar refractivity (Wildman–Crippen MR) is 110 cm³/mol. The fourth-order valence-corrected chi connectivity index (χ4v) is 4.07. The number of nitrogens with one attached hydrogen (secondary N) is 2. The molecule has 2 heterocycles. The van der Waals surface area contributed by atoms with Crippen molar-refractivity contribution in [2.75, 3.05) is 19.6 Å². The molecule has 4 nitrogen and oxygen atoms in total. The molecule has 1 aliphatic rings. The monoisotopic (exact) mass is 361 g/mol. The van der Waals surface area contributed by atoms with E-state index in [9.17, 15) is 4.79 Å². The Bertz CT molecular complexity index is 896. The van der Waals surface area contributed by atoms with E-state index in [0.29, 0.717) is 0 Å². The SMILES string of the molecule is C[C@H](NC[C@H](c1ccccc1)c1c[nH]c2ccccc12)C(=O)N1CCCC1. The van der Waals surface area contributed by atoms with Crippen molar-refractivity contribution < 1.29 is 4.79 Å². The third-order valence-corrected chi connectivity index (χ3v) is 5.61. The van der Waals surface area contributed by atoms with Crippen molar-refractivity contribution in [2.24, 2.45) is 0 Å². The second-order valence-corrected chi connectivity index (χ2v) is 7.42. The van der Waals surface area contributed by atoms with Gasteiger partial charge in [0.05, 0.1) is 6.04 Å². The first-order valence-corrected chi connectivity index (χ1v) is 9.87. The molecule has 4 heteroatoms. The van der Waals surface area contributed by atoms with Crippen LogP contribution in [0.25, 0.3) is 10.9 Å². The minimum absolute atomic E-state index is 0.167. The van der Waals surface area contributed by atoms with Crippen molar-refractivity contribution in [3.05, 3.63) is 71.9 Å². The summed E-state index contributed by atoms with van der Waals surface area (Å²) in [6.07, 6.45) is 4.36. The summed E-state index contributed by atoms with van der Waals surface area (Å²) in [6, 6.07) is 18.8. The number of para-hydroxylation sites is 1. The molecule has 140 valence electrons. The molecule has 0 bridgehead atoms. The van der Waals surface area contributed by atoms with Crippen LogP contribution in [0.3, 0.4) is 0 Å². The first kappa shape index (κ1) is 17.8. The molecule has 0 aliphatic carbocycles. The molecular weight excluding hydrogens is 334 g/mol. The minimum Gasteiger partial charge on any atom is -0.361 e. The molecule has 27 heavy (non-hydrogen) atoms. The van der Waals surface area contributed by atoms with Gasteiger partial charge < -0.3 is 15.2 Å². The van der Waals surface area contributed by atoms with Gasteiger partial charge in [-0.25, -0.2) is 0 Å². The van der Waals surface area contributed by atoms with Crippen molar-refractivity contribution in [3.63, 3.8) is 0 Å². The molecule has 0 saturated carbocycles. The van der Waals surface area contributed by atoms with E-state index in [4.69, 9.17) is 0 Å². The van der Waals surface area contributed by atoms with E-state index in [1.54, 1.807) is 0 Å². The van der Waals surface area contributed by atoms with Gasteiger partial charge in [-0.1, -0.05) is 48.5 Å². The van der Waals surface area contributed by atoms with Crippen LogP contribution in [0.15, 0.2) is 60.8 Å². The number of amides is 1. The number of benzene rings is 2. The molecule has 2 N–H and O–H groups in total. The zero-order valence-electron chi connectivity index (χ0n) is 15.8. The number of carbonyl (C=O) groups is 1. The fraction of sp³-hybridized carbons (Fsp3) is 0.348.